The molecule has 2 N–H and O–H groups in total. The van der Waals surface area contributed by atoms with Gasteiger partial charge >= 0.3 is 0 Å². The van der Waals surface area contributed by atoms with E-state index in [1.807, 2.05) is 36.4 Å². The van der Waals surface area contributed by atoms with Gasteiger partial charge in [0, 0.05) is 6.54 Å². The Kier molecular flexibility index (Phi) is 5.73. The van der Waals surface area contributed by atoms with Gasteiger partial charge in [-0.1, -0.05) is 48.5 Å². The van der Waals surface area contributed by atoms with Crippen molar-refractivity contribution in [2.24, 2.45) is 0 Å². The lowest BCUT2D eigenvalue weighted by Crippen LogP contribution is -2.27. The molecule has 116 valence electrons. The zero-order valence-electron chi connectivity index (χ0n) is 13.2. The van der Waals surface area contributed by atoms with E-state index in [0.717, 1.165) is 12.0 Å². The number of hydrogen-bond acceptors (Lipinski definition) is 2. The first-order valence-corrected chi connectivity index (χ1v) is 7.62. The monoisotopic (exact) mass is 297 g/mol. The van der Waals surface area contributed by atoms with Crippen LogP contribution >= 0.6 is 0 Å². The van der Waals surface area contributed by atoms with Crippen LogP contribution in [-0.4, -0.2) is 17.6 Å². The van der Waals surface area contributed by atoms with Crippen molar-refractivity contribution in [1.29, 1.82) is 0 Å². The maximum atomic E-state index is 11.9. The molecule has 0 saturated carbocycles. The molecule has 0 aliphatic rings. The molecule has 1 atom stereocenters. The molecule has 2 aromatic carbocycles. The number of nitrogens with one attached hydrogen (secondary N) is 1. The first kappa shape index (κ1) is 16.2. The van der Waals surface area contributed by atoms with Gasteiger partial charge in [0.2, 0.25) is 5.91 Å². The SMILES string of the molecule is Cc1cccc(C)c1CCNC(=O)CC(O)c1ccccc1. The molecule has 1 unspecified atom stereocenters. The fourth-order valence-corrected chi connectivity index (χ4v) is 2.61. The van der Waals surface area contributed by atoms with Gasteiger partial charge in [-0.2, -0.15) is 0 Å². The fourth-order valence-electron chi connectivity index (χ4n) is 2.61. The molecule has 3 nitrogen and oxygen atoms in total. The summed E-state index contributed by atoms with van der Waals surface area (Å²) in [5.74, 6) is -0.123. The number of benzene rings is 2. The van der Waals surface area contributed by atoms with Crippen molar-refractivity contribution in [3.8, 4) is 0 Å². The van der Waals surface area contributed by atoms with Crippen LogP contribution in [0.2, 0.25) is 0 Å². The van der Waals surface area contributed by atoms with Crippen LogP contribution in [0.15, 0.2) is 48.5 Å². The van der Waals surface area contributed by atoms with Gasteiger partial charge in [0.25, 0.3) is 0 Å². The average Bonchev–Trinajstić information content (AvgIpc) is 2.51. The summed E-state index contributed by atoms with van der Waals surface area (Å²) in [6, 6.07) is 15.5. The second-order valence-electron chi connectivity index (χ2n) is 5.60. The molecule has 2 rings (SSSR count). The minimum absolute atomic E-state index is 0.0940. The summed E-state index contributed by atoms with van der Waals surface area (Å²) >= 11 is 0. The second kappa shape index (κ2) is 7.76. The Labute approximate surface area is 132 Å². The Hall–Kier alpha value is -2.13. The molecular weight excluding hydrogens is 274 g/mol. The Morgan fingerprint density at radius 2 is 1.68 bits per heavy atom. The van der Waals surface area contributed by atoms with Crippen molar-refractivity contribution < 1.29 is 9.90 Å². The normalized spacial score (nSPS) is 12.0. The maximum absolute atomic E-state index is 11.9. The van der Waals surface area contributed by atoms with Gasteiger partial charge in [0.05, 0.1) is 12.5 Å². The van der Waals surface area contributed by atoms with Crippen molar-refractivity contribution in [2.75, 3.05) is 6.54 Å². The topological polar surface area (TPSA) is 49.3 Å². The van der Waals surface area contributed by atoms with E-state index < -0.39 is 6.10 Å². The highest BCUT2D eigenvalue weighted by Gasteiger charge is 2.12. The lowest BCUT2D eigenvalue weighted by atomic mass is 10.00. The predicted molar refractivity (Wildman–Crippen MR) is 88.6 cm³/mol. The molecule has 22 heavy (non-hydrogen) atoms. The molecule has 0 radical (unpaired) electrons. The highest BCUT2D eigenvalue weighted by Crippen LogP contribution is 2.16. The second-order valence-corrected chi connectivity index (χ2v) is 5.60. The van der Waals surface area contributed by atoms with Crippen LogP contribution in [0.4, 0.5) is 0 Å². The Balaban J connectivity index is 1.81. The van der Waals surface area contributed by atoms with Crippen LogP contribution in [0.3, 0.4) is 0 Å². The summed E-state index contributed by atoms with van der Waals surface area (Å²) in [6.07, 6.45) is 0.156. The number of aliphatic hydroxyl groups excluding tert-OH is 1. The van der Waals surface area contributed by atoms with Crippen LogP contribution in [0.1, 0.15) is 34.8 Å². The first-order valence-electron chi connectivity index (χ1n) is 7.62. The Bertz CT molecular complexity index is 602. The Morgan fingerprint density at radius 1 is 1.05 bits per heavy atom. The van der Waals surface area contributed by atoms with Crippen molar-refractivity contribution in [3.63, 3.8) is 0 Å². The quantitative estimate of drug-likeness (QED) is 0.861. The summed E-state index contributed by atoms with van der Waals surface area (Å²) in [7, 11) is 0. The summed E-state index contributed by atoms with van der Waals surface area (Å²) in [5.41, 5.74) is 4.55. The number of carbonyl (C=O) groups is 1. The molecule has 0 heterocycles. The largest absolute Gasteiger partial charge is 0.388 e. The molecule has 0 bridgehead atoms. The van der Waals surface area contributed by atoms with E-state index in [4.69, 9.17) is 0 Å². The number of aliphatic hydroxyl groups is 1. The van der Waals surface area contributed by atoms with Crippen LogP contribution < -0.4 is 5.32 Å². The van der Waals surface area contributed by atoms with Gasteiger partial charge < -0.3 is 10.4 Å². The van der Waals surface area contributed by atoms with Crippen LogP contribution in [-0.2, 0) is 11.2 Å². The minimum Gasteiger partial charge on any atom is -0.388 e. The molecule has 0 fully saturated rings. The molecule has 0 aromatic heterocycles. The number of amides is 1. The molecule has 1 amide bonds. The lowest BCUT2D eigenvalue weighted by Gasteiger charge is -2.13. The van der Waals surface area contributed by atoms with Gasteiger partial charge in [-0.25, -0.2) is 0 Å². The van der Waals surface area contributed by atoms with Crippen molar-refractivity contribution >= 4 is 5.91 Å². The summed E-state index contributed by atoms with van der Waals surface area (Å²) in [6.45, 7) is 4.76. The average molecular weight is 297 g/mol. The fraction of sp³-hybridized carbons (Fsp3) is 0.316. The first-order chi connectivity index (χ1) is 10.6. The van der Waals surface area contributed by atoms with E-state index in [2.05, 4.69) is 31.3 Å². The summed E-state index contributed by atoms with van der Waals surface area (Å²) in [4.78, 5) is 11.9. The molecule has 3 heteroatoms. The zero-order chi connectivity index (χ0) is 15.9. The van der Waals surface area contributed by atoms with E-state index >= 15 is 0 Å². The lowest BCUT2D eigenvalue weighted by molar-refractivity contribution is -0.123. The van der Waals surface area contributed by atoms with Gasteiger partial charge in [0.15, 0.2) is 0 Å². The third kappa shape index (κ3) is 4.43. The molecule has 0 aliphatic heterocycles. The minimum atomic E-state index is -0.749. The molecular formula is C19H23NO2. The number of aryl methyl sites for hydroxylation is 2. The molecule has 0 aliphatic carbocycles. The van der Waals surface area contributed by atoms with E-state index in [9.17, 15) is 9.90 Å². The van der Waals surface area contributed by atoms with Gasteiger partial charge in [-0.05, 0) is 42.5 Å². The van der Waals surface area contributed by atoms with Crippen LogP contribution in [0, 0.1) is 13.8 Å². The summed E-state index contributed by atoms with van der Waals surface area (Å²) < 4.78 is 0. The molecule has 0 saturated heterocycles. The Morgan fingerprint density at radius 3 is 2.32 bits per heavy atom. The summed E-state index contributed by atoms with van der Waals surface area (Å²) in [5, 5.41) is 12.9. The van der Waals surface area contributed by atoms with Crippen LogP contribution in [0.5, 0.6) is 0 Å². The smallest absolute Gasteiger partial charge is 0.222 e. The van der Waals surface area contributed by atoms with Crippen LogP contribution in [0.25, 0.3) is 0 Å². The molecule has 2 aromatic rings. The number of rotatable bonds is 6. The highest BCUT2D eigenvalue weighted by atomic mass is 16.3. The number of carbonyl (C=O) groups excluding carboxylic acids is 1. The van der Waals surface area contributed by atoms with Crippen molar-refractivity contribution in [2.45, 2.75) is 32.8 Å². The predicted octanol–water partition coefficient (Wildman–Crippen LogP) is 3.09. The highest BCUT2D eigenvalue weighted by molar-refractivity contribution is 5.76. The molecule has 0 spiro atoms. The van der Waals surface area contributed by atoms with Crippen molar-refractivity contribution in [3.05, 3.63) is 70.8 Å². The van der Waals surface area contributed by atoms with E-state index in [-0.39, 0.29) is 12.3 Å². The maximum Gasteiger partial charge on any atom is 0.222 e. The third-order valence-electron chi connectivity index (χ3n) is 3.90. The van der Waals surface area contributed by atoms with E-state index in [1.165, 1.54) is 16.7 Å². The standard InChI is InChI=1S/C19H23NO2/c1-14-7-6-8-15(2)17(14)11-12-20-19(22)13-18(21)16-9-4-3-5-10-16/h3-10,18,21H,11-13H2,1-2H3,(H,20,22). The van der Waals surface area contributed by atoms with Crippen molar-refractivity contribution in [1.82, 2.24) is 5.32 Å². The number of hydrogen-bond donors (Lipinski definition) is 2. The van der Waals surface area contributed by atoms with Gasteiger partial charge in [-0.15, -0.1) is 0 Å². The third-order valence-corrected chi connectivity index (χ3v) is 3.90. The van der Waals surface area contributed by atoms with Gasteiger partial charge in [-0.3, -0.25) is 4.79 Å². The van der Waals surface area contributed by atoms with E-state index in [0.29, 0.717) is 6.54 Å². The van der Waals surface area contributed by atoms with Gasteiger partial charge in [0.1, 0.15) is 0 Å². The zero-order valence-corrected chi connectivity index (χ0v) is 13.2. The van der Waals surface area contributed by atoms with E-state index in [1.54, 1.807) is 0 Å².